The van der Waals surface area contributed by atoms with Crippen LogP contribution in [0, 0.1) is 5.92 Å². The fourth-order valence-electron chi connectivity index (χ4n) is 6.03. The highest BCUT2D eigenvalue weighted by Crippen LogP contribution is 2.45. The molecule has 1 saturated carbocycles. The number of benzene rings is 1. The summed E-state index contributed by atoms with van der Waals surface area (Å²) in [7, 11) is 0. The van der Waals surface area contributed by atoms with Crippen molar-refractivity contribution in [1.82, 2.24) is 20.5 Å². The average Bonchev–Trinajstić information content (AvgIpc) is 3.58. The topological polar surface area (TPSA) is 136 Å². The molecule has 0 radical (unpaired) electrons. The predicted molar refractivity (Wildman–Crippen MR) is 179 cm³/mol. The smallest absolute Gasteiger partial charge is 0.408 e. The van der Waals surface area contributed by atoms with Crippen molar-refractivity contribution in [2.75, 3.05) is 13.2 Å². The average molecular weight is 649 g/mol. The number of unbranched alkanes of at least 4 members (excludes halogenated alkanes) is 3. The van der Waals surface area contributed by atoms with Crippen LogP contribution in [0.4, 0.5) is 4.79 Å². The van der Waals surface area contributed by atoms with E-state index in [9.17, 15) is 19.2 Å². The van der Waals surface area contributed by atoms with Crippen molar-refractivity contribution in [2.45, 2.75) is 102 Å². The summed E-state index contributed by atoms with van der Waals surface area (Å²) >= 11 is 0. The molecule has 3 amide bonds. The number of carbonyl (C=O) groups excluding carboxylic acids is 4. The van der Waals surface area contributed by atoms with Crippen molar-refractivity contribution in [2.24, 2.45) is 5.92 Å². The van der Waals surface area contributed by atoms with Gasteiger partial charge in [-0.25, -0.2) is 9.59 Å². The third kappa shape index (κ3) is 8.90. The van der Waals surface area contributed by atoms with Crippen LogP contribution in [0.5, 0.6) is 5.75 Å². The van der Waals surface area contributed by atoms with Crippen LogP contribution < -0.4 is 15.4 Å². The lowest BCUT2D eigenvalue weighted by atomic mass is 10.0. The van der Waals surface area contributed by atoms with Gasteiger partial charge in [-0.2, -0.15) is 0 Å². The zero-order valence-electron chi connectivity index (χ0n) is 28.0. The van der Waals surface area contributed by atoms with Crippen LogP contribution in [0.2, 0.25) is 0 Å². The number of alkyl carbamates (subject to hydrolysis) is 1. The van der Waals surface area contributed by atoms with Crippen LogP contribution in [-0.4, -0.2) is 76.2 Å². The lowest BCUT2D eigenvalue weighted by molar-refractivity contribution is -0.150. The molecule has 2 aromatic rings. The summed E-state index contributed by atoms with van der Waals surface area (Å²) in [5.74, 6) is -1.16. The van der Waals surface area contributed by atoms with Crippen LogP contribution in [0.3, 0.4) is 0 Å². The Kier molecular flexibility index (Phi) is 11.7. The summed E-state index contributed by atoms with van der Waals surface area (Å²) in [4.78, 5) is 59.9. The summed E-state index contributed by atoms with van der Waals surface area (Å²) in [6.07, 6.45) is 9.76. The molecule has 2 aliphatic rings. The molecule has 47 heavy (non-hydrogen) atoms. The molecule has 2 heterocycles. The minimum atomic E-state index is -1.23. The standard InChI is InChI=1S/C36H48N4O7/c1-7-10-11-12-13-16-28(38-34(44)47-35(4,5)6)32(42)40-23-26(46-30-17-14-15-24-18-19-37-22-27(24)30)20-29(40)31(41)39-36(21-25(36)8-2)33(43)45-9-3/h7-8,14-15,17-19,22,25-26,28-29H,1-2,9-13,16,20-21,23H2,3-6H3,(H,38,44)(H,39,41)/t25-,26-,28+,29+,36-/m1/s1. The number of aromatic nitrogens is 1. The molecule has 11 heteroatoms. The molecule has 2 fully saturated rings. The number of carbonyl (C=O) groups is 4. The van der Waals surface area contributed by atoms with Crippen LogP contribution in [0.15, 0.2) is 62.0 Å². The molecule has 0 unspecified atom stereocenters. The maximum absolute atomic E-state index is 14.3. The minimum Gasteiger partial charge on any atom is -0.488 e. The van der Waals surface area contributed by atoms with E-state index in [0.29, 0.717) is 25.0 Å². The SMILES string of the molecule is C=CCCCCC[C@H](NC(=O)OC(C)(C)C)C(=O)N1C[C@H](Oc2cccc3ccncc23)C[C@H]1C(=O)N[C@]1(C(=O)OCC)C[C@H]1C=C. The van der Waals surface area contributed by atoms with Gasteiger partial charge in [0.15, 0.2) is 0 Å². The van der Waals surface area contributed by atoms with Crippen molar-refractivity contribution in [3.05, 3.63) is 62.0 Å². The normalized spacial score (nSPS) is 22.6. The quantitative estimate of drug-likeness (QED) is 0.152. The fraction of sp³-hybridized carbons (Fsp3) is 0.528. The van der Waals surface area contributed by atoms with Crippen molar-refractivity contribution in [1.29, 1.82) is 0 Å². The number of allylic oxidation sites excluding steroid dienone is 1. The van der Waals surface area contributed by atoms with Crippen molar-refractivity contribution < 1.29 is 33.4 Å². The van der Waals surface area contributed by atoms with E-state index < -0.39 is 53.2 Å². The Balaban J connectivity index is 1.61. The number of amides is 3. The monoisotopic (exact) mass is 648 g/mol. The van der Waals surface area contributed by atoms with E-state index in [-0.39, 0.29) is 25.5 Å². The molecule has 1 aromatic heterocycles. The number of likely N-dealkylation sites (tertiary alicyclic amines) is 1. The summed E-state index contributed by atoms with van der Waals surface area (Å²) in [5.41, 5.74) is -2.00. The highest BCUT2D eigenvalue weighted by atomic mass is 16.6. The molecule has 1 saturated heterocycles. The Bertz CT molecular complexity index is 1470. The number of esters is 1. The van der Waals surface area contributed by atoms with Gasteiger partial charge in [0.1, 0.15) is 35.1 Å². The molecule has 2 N–H and O–H groups in total. The first-order chi connectivity index (χ1) is 22.4. The number of hydrogen-bond donors (Lipinski definition) is 2. The molecule has 0 spiro atoms. The van der Waals surface area contributed by atoms with E-state index >= 15 is 0 Å². The van der Waals surface area contributed by atoms with Gasteiger partial charge in [0.05, 0.1) is 13.2 Å². The molecule has 11 nitrogen and oxygen atoms in total. The van der Waals surface area contributed by atoms with Crippen LogP contribution in [-0.2, 0) is 23.9 Å². The van der Waals surface area contributed by atoms with E-state index in [1.165, 1.54) is 4.90 Å². The summed E-state index contributed by atoms with van der Waals surface area (Å²) < 4.78 is 17.2. The van der Waals surface area contributed by atoms with Crippen molar-refractivity contribution >= 4 is 34.6 Å². The number of nitrogens with zero attached hydrogens (tertiary/aromatic N) is 2. The van der Waals surface area contributed by atoms with Gasteiger partial charge >= 0.3 is 12.1 Å². The third-order valence-electron chi connectivity index (χ3n) is 8.46. The maximum Gasteiger partial charge on any atom is 0.408 e. The Hall–Kier alpha value is -4.41. The van der Waals surface area contributed by atoms with Crippen LogP contribution in [0.25, 0.3) is 10.8 Å². The van der Waals surface area contributed by atoms with Gasteiger partial charge in [0.25, 0.3) is 0 Å². The van der Waals surface area contributed by atoms with E-state index in [4.69, 9.17) is 14.2 Å². The first kappa shape index (κ1) is 35.4. The van der Waals surface area contributed by atoms with Gasteiger partial charge in [0.2, 0.25) is 11.8 Å². The van der Waals surface area contributed by atoms with Crippen LogP contribution in [0.1, 0.15) is 72.6 Å². The second kappa shape index (κ2) is 15.5. The minimum absolute atomic E-state index is 0.0911. The zero-order chi connectivity index (χ0) is 34.2. The number of pyridine rings is 1. The van der Waals surface area contributed by atoms with Crippen LogP contribution >= 0.6 is 0 Å². The Morgan fingerprint density at radius 1 is 1.15 bits per heavy atom. The highest BCUT2D eigenvalue weighted by Gasteiger charge is 2.62. The van der Waals surface area contributed by atoms with E-state index in [1.807, 2.05) is 30.3 Å². The van der Waals surface area contributed by atoms with Gasteiger partial charge < -0.3 is 29.7 Å². The predicted octanol–water partition coefficient (Wildman–Crippen LogP) is 5.24. The van der Waals surface area contributed by atoms with Crippen molar-refractivity contribution in [3.8, 4) is 5.75 Å². The molecule has 0 bridgehead atoms. The second-order valence-electron chi connectivity index (χ2n) is 13.2. The Morgan fingerprint density at radius 2 is 1.94 bits per heavy atom. The number of fused-ring (bicyclic) bond motifs is 1. The summed E-state index contributed by atoms with van der Waals surface area (Å²) in [6.45, 7) is 14.8. The molecule has 5 atom stereocenters. The second-order valence-corrected chi connectivity index (χ2v) is 13.2. The molecule has 4 rings (SSSR count). The van der Waals surface area contributed by atoms with Crippen molar-refractivity contribution in [3.63, 3.8) is 0 Å². The van der Waals surface area contributed by atoms with Gasteiger partial charge in [-0.3, -0.25) is 14.6 Å². The molecular weight excluding hydrogens is 600 g/mol. The number of nitrogens with one attached hydrogen (secondary N) is 2. The lowest BCUT2D eigenvalue weighted by Gasteiger charge is -2.30. The molecule has 1 aliphatic heterocycles. The Labute approximate surface area is 277 Å². The van der Waals surface area contributed by atoms with Gasteiger partial charge in [0, 0.05) is 30.1 Å². The van der Waals surface area contributed by atoms with E-state index in [2.05, 4.69) is 28.8 Å². The maximum atomic E-state index is 14.3. The van der Waals surface area contributed by atoms with Gasteiger partial charge in [-0.15, -0.1) is 13.2 Å². The third-order valence-corrected chi connectivity index (χ3v) is 8.46. The lowest BCUT2D eigenvalue weighted by Crippen LogP contribution is -2.56. The Morgan fingerprint density at radius 3 is 2.62 bits per heavy atom. The zero-order valence-corrected chi connectivity index (χ0v) is 28.0. The highest BCUT2D eigenvalue weighted by molar-refractivity contribution is 5.96. The van der Waals surface area contributed by atoms with Gasteiger partial charge in [-0.05, 0) is 70.9 Å². The number of hydrogen-bond acceptors (Lipinski definition) is 8. The number of rotatable bonds is 15. The molecular formula is C36H48N4O7. The number of ether oxygens (including phenoxy) is 3. The molecule has 254 valence electrons. The molecule has 1 aromatic carbocycles. The summed E-state index contributed by atoms with van der Waals surface area (Å²) in [6, 6.07) is 5.62. The van der Waals surface area contributed by atoms with Gasteiger partial charge in [-0.1, -0.05) is 37.1 Å². The molecule has 1 aliphatic carbocycles. The first-order valence-electron chi connectivity index (χ1n) is 16.4. The largest absolute Gasteiger partial charge is 0.488 e. The fourth-order valence-corrected chi connectivity index (χ4v) is 6.03. The van der Waals surface area contributed by atoms with E-state index in [0.717, 1.165) is 30.0 Å². The summed E-state index contributed by atoms with van der Waals surface area (Å²) in [5, 5.41) is 7.41. The first-order valence-corrected chi connectivity index (χ1v) is 16.4. The van der Waals surface area contributed by atoms with E-state index in [1.54, 1.807) is 46.2 Å².